The summed E-state index contributed by atoms with van der Waals surface area (Å²) in [6, 6.07) is 0. The molecule has 3 heterocycles. The van der Waals surface area contributed by atoms with Crippen molar-refractivity contribution in [3.63, 3.8) is 0 Å². The topological polar surface area (TPSA) is 78.9 Å². The monoisotopic (exact) mass is 332 g/mol. The molecule has 0 aromatic heterocycles. The first-order valence-electron chi connectivity index (χ1n) is 8.51. The SMILES string of the molecule is CC1=C2[C@@H](C[C@]34[C@H]5C[C@@H](C(C)(C)C)[C@@H]3C(=O)O[C@@]24C(=O)O5)OC1=O. The lowest BCUT2D eigenvalue weighted by molar-refractivity contribution is -0.165. The van der Waals surface area contributed by atoms with Crippen LogP contribution in [-0.2, 0) is 28.6 Å². The van der Waals surface area contributed by atoms with Crippen LogP contribution in [0.3, 0.4) is 0 Å². The van der Waals surface area contributed by atoms with Gasteiger partial charge in [-0.25, -0.2) is 9.59 Å². The lowest BCUT2D eigenvalue weighted by atomic mass is 9.64. The molecular formula is C18H20O6. The fourth-order valence-corrected chi connectivity index (χ4v) is 6.10. The molecule has 6 heteroatoms. The first-order valence-corrected chi connectivity index (χ1v) is 8.51. The Labute approximate surface area is 139 Å². The molecule has 2 saturated carbocycles. The number of hydrogen-bond donors (Lipinski definition) is 0. The van der Waals surface area contributed by atoms with Gasteiger partial charge in [-0.3, -0.25) is 4.79 Å². The number of ether oxygens (including phenoxy) is 3. The molecule has 1 spiro atoms. The molecule has 3 aliphatic heterocycles. The van der Waals surface area contributed by atoms with Crippen LogP contribution in [0.4, 0.5) is 0 Å². The zero-order valence-electron chi connectivity index (χ0n) is 14.2. The minimum absolute atomic E-state index is 0.0698. The molecule has 0 unspecified atom stereocenters. The van der Waals surface area contributed by atoms with E-state index in [0.29, 0.717) is 24.0 Å². The maximum atomic E-state index is 12.8. The van der Waals surface area contributed by atoms with Crippen LogP contribution in [0.1, 0.15) is 40.5 Å². The van der Waals surface area contributed by atoms with Crippen molar-refractivity contribution in [2.45, 2.75) is 58.3 Å². The van der Waals surface area contributed by atoms with Crippen LogP contribution in [-0.4, -0.2) is 35.7 Å². The van der Waals surface area contributed by atoms with Gasteiger partial charge in [0, 0.05) is 17.6 Å². The van der Waals surface area contributed by atoms with Crippen molar-refractivity contribution in [2.24, 2.45) is 22.7 Å². The number of rotatable bonds is 0. The first-order chi connectivity index (χ1) is 11.1. The van der Waals surface area contributed by atoms with Crippen molar-refractivity contribution in [3.05, 3.63) is 11.1 Å². The maximum absolute atomic E-state index is 12.8. The Morgan fingerprint density at radius 3 is 2.50 bits per heavy atom. The van der Waals surface area contributed by atoms with Crippen molar-refractivity contribution in [2.75, 3.05) is 0 Å². The minimum atomic E-state index is -1.44. The average Bonchev–Trinajstić information content (AvgIpc) is 3.12. The van der Waals surface area contributed by atoms with Crippen molar-refractivity contribution in [3.8, 4) is 0 Å². The zero-order chi connectivity index (χ0) is 17.2. The lowest BCUT2D eigenvalue weighted by Gasteiger charge is -2.33. The van der Waals surface area contributed by atoms with Gasteiger partial charge in [-0.15, -0.1) is 0 Å². The van der Waals surface area contributed by atoms with Crippen LogP contribution < -0.4 is 0 Å². The number of esters is 3. The molecule has 0 amide bonds. The third-order valence-corrected chi connectivity index (χ3v) is 7.00. The van der Waals surface area contributed by atoms with E-state index in [4.69, 9.17) is 14.2 Å². The van der Waals surface area contributed by atoms with Crippen LogP contribution in [0.15, 0.2) is 11.1 Å². The Hall–Kier alpha value is -1.85. The van der Waals surface area contributed by atoms with Gasteiger partial charge < -0.3 is 14.2 Å². The van der Waals surface area contributed by atoms with Crippen molar-refractivity contribution >= 4 is 17.9 Å². The highest BCUT2D eigenvalue weighted by Gasteiger charge is 2.89. The highest BCUT2D eigenvalue weighted by molar-refractivity contribution is 6.03. The van der Waals surface area contributed by atoms with Gasteiger partial charge in [-0.05, 0) is 24.7 Å². The average molecular weight is 332 g/mol. The predicted molar refractivity (Wildman–Crippen MR) is 79.4 cm³/mol. The van der Waals surface area contributed by atoms with Crippen molar-refractivity contribution in [1.82, 2.24) is 0 Å². The second-order valence-electron chi connectivity index (χ2n) is 8.86. The fraction of sp³-hybridized carbons (Fsp3) is 0.722. The number of carbonyl (C=O) groups excluding carboxylic acids is 3. The van der Waals surface area contributed by atoms with Crippen LogP contribution in [0.2, 0.25) is 0 Å². The summed E-state index contributed by atoms with van der Waals surface area (Å²) in [6.07, 6.45) is 0.270. The molecule has 5 rings (SSSR count). The largest absolute Gasteiger partial charge is 0.458 e. The van der Waals surface area contributed by atoms with Gasteiger partial charge in [0.2, 0.25) is 5.60 Å². The van der Waals surface area contributed by atoms with Gasteiger partial charge in [-0.1, -0.05) is 20.8 Å². The van der Waals surface area contributed by atoms with Crippen LogP contribution in [0, 0.1) is 22.7 Å². The van der Waals surface area contributed by atoms with E-state index in [1.54, 1.807) is 6.92 Å². The molecule has 0 aromatic carbocycles. The van der Waals surface area contributed by atoms with Crippen molar-refractivity contribution in [1.29, 1.82) is 0 Å². The Bertz CT molecular complexity index is 758. The predicted octanol–water partition coefficient (Wildman–Crippen LogP) is 1.52. The van der Waals surface area contributed by atoms with Gasteiger partial charge in [0.15, 0.2) is 0 Å². The fourth-order valence-electron chi connectivity index (χ4n) is 6.10. The van der Waals surface area contributed by atoms with E-state index in [0.717, 1.165) is 0 Å². The van der Waals surface area contributed by atoms with Gasteiger partial charge in [0.05, 0.1) is 11.3 Å². The van der Waals surface area contributed by atoms with Crippen molar-refractivity contribution < 1.29 is 28.6 Å². The molecule has 0 radical (unpaired) electrons. The summed E-state index contributed by atoms with van der Waals surface area (Å²) in [5, 5.41) is 0. The molecule has 0 N–H and O–H groups in total. The smallest absolute Gasteiger partial charge is 0.356 e. The molecule has 5 aliphatic rings. The summed E-state index contributed by atoms with van der Waals surface area (Å²) in [5.41, 5.74) is -1.35. The molecular weight excluding hydrogens is 312 g/mol. The Kier molecular flexibility index (Phi) is 2.24. The van der Waals surface area contributed by atoms with E-state index in [2.05, 4.69) is 20.8 Å². The van der Waals surface area contributed by atoms with E-state index >= 15 is 0 Å². The molecule has 0 bridgehead atoms. The standard InChI is InChI=1S/C18H20O6/c1-7-11-9(22-13(7)19)6-17-10-5-8(16(2,3)4)12(17)14(20)24-18(11,17)15(21)23-10/h8-10,12H,5-6H2,1-4H3/t8-,9-,10-,12-,17+,18-/m1/s1. The van der Waals surface area contributed by atoms with E-state index in [9.17, 15) is 14.4 Å². The highest BCUT2D eigenvalue weighted by atomic mass is 16.6. The summed E-state index contributed by atoms with van der Waals surface area (Å²) in [6.45, 7) is 7.95. The normalized spacial score (nSPS) is 48.2. The second kappa shape index (κ2) is 3.70. The minimum Gasteiger partial charge on any atom is -0.458 e. The van der Waals surface area contributed by atoms with Gasteiger partial charge in [0.1, 0.15) is 12.2 Å². The van der Waals surface area contributed by atoms with Crippen LogP contribution in [0.5, 0.6) is 0 Å². The zero-order valence-corrected chi connectivity index (χ0v) is 14.2. The number of fused-ring (bicyclic) bond motifs is 1. The highest BCUT2D eigenvalue weighted by Crippen LogP contribution is 2.75. The Balaban J connectivity index is 1.78. The van der Waals surface area contributed by atoms with E-state index < -0.39 is 35.0 Å². The maximum Gasteiger partial charge on any atom is 0.356 e. The molecule has 2 aliphatic carbocycles. The van der Waals surface area contributed by atoms with Crippen LogP contribution >= 0.6 is 0 Å². The second-order valence-corrected chi connectivity index (χ2v) is 8.86. The van der Waals surface area contributed by atoms with E-state index in [-0.39, 0.29) is 23.4 Å². The molecule has 0 aromatic rings. The van der Waals surface area contributed by atoms with Gasteiger partial charge in [0.25, 0.3) is 0 Å². The Morgan fingerprint density at radius 1 is 1.12 bits per heavy atom. The molecule has 6 atom stereocenters. The summed E-state index contributed by atoms with van der Waals surface area (Å²) in [4.78, 5) is 37.7. The van der Waals surface area contributed by atoms with E-state index in [1.165, 1.54) is 0 Å². The van der Waals surface area contributed by atoms with Gasteiger partial charge in [-0.2, -0.15) is 0 Å². The van der Waals surface area contributed by atoms with Gasteiger partial charge >= 0.3 is 17.9 Å². The number of hydrogen-bond acceptors (Lipinski definition) is 6. The summed E-state index contributed by atoms with van der Waals surface area (Å²) < 4.78 is 17.0. The lowest BCUT2D eigenvalue weighted by Crippen LogP contribution is -2.47. The molecule has 128 valence electrons. The molecule has 4 fully saturated rings. The molecule has 6 nitrogen and oxygen atoms in total. The third-order valence-electron chi connectivity index (χ3n) is 7.00. The molecule has 2 saturated heterocycles. The number of carbonyl (C=O) groups is 3. The quantitative estimate of drug-likeness (QED) is 0.494. The summed E-state index contributed by atoms with van der Waals surface area (Å²) >= 11 is 0. The summed E-state index contributed by atoms with van der Waals surface area (Å²) in [5.74, 6) is -1.60. The van der Waals surface area contributed by atoms with E-state index in [1.807, 2.05) is 0 Å². The Morgan fingerprint density at radius 2 is 1.83 bits per heavy atom. The first kappa shape index (κ1) is 14.5. The molecule has 24 heavy (non-hydrogen) atoms. The van der Waals surface area contributed by atoms with Crippen LogP contribution in [0.25, 0.3) is 0 Å². The summed E-state index contributed by atoms with van der Waals surface area (Å²) in [7, 11) is 0. The third kappa shape index (κ3) is 1.18.